The largest absolute Gasteiger partial charge is 0.480 e. The van der Waals surface area contributed by atoms with Crippen LogP contribution in [0.15, 0.2) is 6.20 Å². The summed E-state index contributed by atoms with van der Waals surface area (Å²) in [6.45, 7) is 0. The maximum absolute atomic E-state index is 11.5. The van der Waals surface area contributed by atoms with Crippen molar-refractivity contribution in [2.75, 3.05) is 7.11 Å². The molecule has 0 fully saturated rings. The molecule has 0 aliphatic carbocycles. The monoisotopic (exact) mass is 256 g/mol. The van der Waals surface area contributed by atoms with Gasteiger partial charge in [-0.2, -0.15) is 15.4 Å². The van der Waals surface area contributed by atoms with Crippen LogP contribution in [-0.2, 0) is 14.3 Å². The molecule has 1 aromatic heterocycles. The predicted octanol–water partition coefficient (Wildman–Crippen LogP) is -1.06. The van der Waals surface area contributed by atoms with Gasteiger partial charge in [-0.15, -0.1) is 0 Å². The van der Waals surface area contributed by atoms with Crippen LogP contribution < -0.4 is 5.32 Å². The van der Waals surface area contributed by atoms with E-state index in [-0.39, 0.29) is 18.5 Å². The summed E-state index contributed by atoms with van der Waals surface area (Å²) in [5, 5.41) is 20.3. The van der Waals surface area contributed by atoms with Crippen molar-refractivity contribution in [1.29, 1.82) is 0 Å². The molecule has 1 heterocycles. The van der Waals surface area contributed by atoms with Gasteiger partial charge in [-0.05, 0) is 6.42 Å². The van der Waals surface area contributed by atoms with E-state index in [4.69, 9.17) is 5.11 Å². The fourth-order valence-corrected chi connectivity index (χ4v) is 1.16. The van der Waals surface area contributed by atoms with Crippen LogP contribution in [0.4, 0.5) is 0 Å². The maximum atomic E-state index is 11.5. The van der Waals surface area contributed by atoms with Gasteiger partial charge in [0.25, 0.3) is 5.91 Å². The topological polar surface area (TPSA) is 134 Å². The molecule has 0 saturated heterocycles. The van der Waals surface area contributed by atoms with Crippen molar-refractivity contribution < 1.29 is 24.2 Å². The van der Waals surface area contributed by atoms with Gasteiger partial charge in [-0.3, -0.25) is 9.59 Å². The molecule has 1 atom stereocenters. The van der Waals surface area contributed by atoms with Crippen LogP contribution >= 0.6 is 0 Å². The molecular formula is C9H12N4O5. The molecular weight excluding hydrogens is 244 g/mol. The molecule has 1 unspecified atom stereocenters. The van der Waals surface area contributed by atoms with Gasteiger partial charge in [0.15, 0.2) is 5.69 Å². The second kappa shape index (κ2) is 6.33. The van der Waals surface area contributed by atoms with E-state index in [9.17, 15) is 14.4 Å². The summed E-state index contributed by atoms with van der Waals surface area (Å²) in [6.07, 6.45) is 0.993. The molecule has 0 bridgehead atoms. The van der Waals surface area contributed by atoms with Crippen LogP contribution in [-0.4, -0.2) is 51.5 Å². The van der Waals surface area contributed by atoms with Crippen LogP contribution in [0.3, 0.4) is 0 Å². The highest BCUT2D eigenvalue weighted by molar-refractivity contribution is 5.94. The van der Waals surface area contributed by atoms with E-state index in [0.29, 0.717) is 0 Å². The highest BCUT2D eigenvalue weighted by Crippen LogP contribution is 2.01. The number of ether oxygens (including phenoxy) is 1. The number of rotatable bonds is 6. The minimum absolute atomic E-state index is 0.0284. The zero-order chi connectivity index (χ0) is 13.5. The molecule has 18 heavy (non-hydrogen) atoms. The summed E-state index contributed by atoms with van der Waals surface area (Å²) in [4.78, 5) is 33.3. The number of H-pyrrole nitrogens is 1. The van der Waals surface area contributed by atoms with E-state index in [1.807, 2.05) is 0 Å². The molecule has 0 aliphatic rings. The van der Waals surface area contributed by atoms with Crippen LogP contribution in [0, 0.1) is 0 Å². The van der Waals surface area contributed by atoms with Gasteiger partial charge in [0.05, 0.1) is 13.3 Å². The van der Waals surface area contributed by atoms with Crippen molar-refractivity contribution in [3.8, 4) is 0 Å². The molecule has 3 N–H and O–H groups in total. The third kappa shape index (κ3) is 3.85. The number of carboxylic acids is 1. The summed E-state index contributed by atoms with van der Waals surface area (Å²) in [6, 6.07) is -1.19. The van der Waals surface area contributed by atoms with E-state index in [2.05, 4.69) is 25.5 Å². The highest BCUT2D eigenvalue weighted by atomic mass is 16.5. The van der Waals surface area contributed by atoms with Gasteiger partial charge >= 0.3 is 11.9 Å². The van der Waals surface area contributed by atoms with E-state index >= 15 is 0 Å². The van der Waals surface area contributed by atoms with Crippen molar-refractivity contribution in [2.45, 2.75) is 18.9 Å². The molecule has 0 aromatic carbocycles. The number of carbonyl (C=O) groups is 3. The van der Waals surface area contributed by atoms with Crippen LogP contribution in [0.5, 0.6) is 0 Å². The van der Waals surface area contributed by atoms with Gasteiger partial charge < -0.3 is 15.2 Å². The lowest BCUT2D eigenvalue weighted by atomic mass is 10.1. The molecule has 0 saturated carbocycles. The minimum Gasteiger partial charge on any atom is -0.480 e. The lowest BCUT2D eigenvalue weighted by molar-refractivity contribution is -0.142. The quantitative estimate of drug-likeness (QED) is 0.552. The SMILES string of the molecule is COC(=O)CCC(NC(=O)c1cn[nH]n1)C(=O)O. The molecule has 1 rings (SSSR count). The minimum atomic E-state index is -1.24. The molecule has 0 spiro atoms. The molecule has 1 aromatic rings. The Morgan fingerprint density at radius 2 is 2.28 bits per heavy atom. The molecule has 0 aliphatic heterocycles. The smallest absolute Gasteiger partial charge is 0.326 e. The zero-order valence-electron chi connectivity index (χ0n) is 9.54. The molecule has 98 valence electrons. The Morgan fingerprint density at radius 3 is 2.78 bits per heavy atom. The van der Waals surface area contributed by atoms with E-state index in [1.165, 1.54) is 7.11 Å². The fraction of sp³-hybridized carbons (Fsp3) is 0.444. The third-order valence-corrected chi connectivity index (χ3v) is 2.12. The molecule has 0 radical (unpaired) electrons. The summed E-state index contributed by atoms with van der Waals surface area (Å²) >= 11 is 0. The predicted molar refractivity (Wildman–Crippen MR) is 56.5 cm³/mol. The first-order chi connectivity index (χ1) is 8.54. The lowest BCUT2D eigenvalue weighted by Crippen LogP contribution is -2.41. The Hall–Kier alpha value is -2.45. The van der Waals surface area contributed by atoms with Gasteiger partial charge in [0.2, 0.25) is 0 Å². The lowest BCUT2D eigenvalue weighted by Gasteiger charge is -2.12. The number of hydrogen-bond donors (Lipinski definition) is 3. The average Bonchev–Trinajstić information content (AvgIpc) is 2.87. The summed E-state index contributed by atoms with van der Waals surface area (Å²) in [7, 11) is 1.20. The Balaban J connectivity index is 2.55. The van der Waals surface area contributed by atoms with E-state index < -0.39 is 23.9 Å². The Bertz CT molecular complexity index is 430. The molecule has 9 heteroatoms. The first-order valence-electron chi connectivity index (χ1n) is 5.01. The number of amides is 1. The number of methoxy groups -OCH3 is 1. The average molecular weight is 256 g/mol. The number of aromatic amines is 1. The highest BCUT2D eigenvalue weighted by Gasteiger charge is 2.22. The fourth-order valence-electron chi connectivity index (χ4n) is 1.16. The van der Waals surface area contributed by atoms with Crippen molar-refractivity contribution in [2.24, 2.45) is 0 Å². The Morgan fingerprint density at radius 1 is 1.56 bits per heavy atom. The maximum Gasteiger partial charge on any atom is 0.326 e. The summed E-state index contributed by atoms with van der Waals surface area (Å²) in [5.41, 5.74) is -0.0284. The third-order valence-electron chi connectivity index (χ3n) is 2.12. The summed E-state index contributed by atoms with van der Waals surface area (Å²) in [5.74, 6) is -2.46. The zero-order valence-corrected chi connectivity index (χ0v) is 9.54. The molecule has 9 nitrogen and oxygen atoms in total. The van der Waals surface area contributed by atoms with Gasteiger partial charge in [0.1, 0.15) is 6.04 Å². The number of aromatic nitrogens is 3. The first kappa shape index (κ1) is 13.6. The normalized spacial score (nSPS) is 11.6. The summed E-state index contributed by atoms with van der Waals surface area (Å²) < 4.78 is 4.39. The van der Waals surface area contributed by atoms with Gasteiger partial charge in [-0.1, -0.05) is 0 Å². The number of carbonyl (C=O) groups excluding carboxylic acids is 2. The number of nitrogens with one attached hydrogen (secondary N) is 2. The van der Waals surface area contributed by atoms with Gasteiger partial charge in [-0.25, -0.2) is 4.79 Å². The van der Waals surface area contributed by atoms with Crippen LogP contribution in [0.25, 0.3) is 0 Å². The van der Waals surface area contributed by atoms with E-state index in [0.717, 1.165) is 6.20 Å². The number of aliphatic carboxylic acids is 1. The van der Waals surface area contributed by atoms with Gasteiger partial charge in [0, 0.05) is 6.42 Å². The second-order valence-corrected chi connectivity index (χ2v) is 3.33. The van der Waals surface area contributed by atoms with Crippen molar-refractivity contribution in [1.82, 2.24) is 20.7 Å². The van der Waals surface area contributed by atoms with E-state index in [1.54, 1.807) is 0 Å². The number of carboxylic acid groups (broad SMARTS) is 1. The standard InChI is InChI=1S/C9H12N4O5/c1-18-7(14)3-2-5(9(16)17)11-8(15)6-4-10-13-12-6/h4-5H,2-3H2,1H3,(H,11,15)(H,16,17)(H,10,12,13). The number of hydrogen-bond acceptors (Lipinski definition) is 6. The Labute approximate surface area is 102 Å². The van der Waals surface area contributed by atoms with Crippen LogP contribution in [0.1, 0.15) is 23.3 Å². The van der Waals surface area contributed by atoms with Crippen molar-refractivity contribution in [3.63, 3.8) is 0 Å². The first-order valence-corrected chi connectivity index (χ1v) is 5.01. The van der Waals surface area contributed by atoms with Crippen molar-refractivity contribution in [3.05, 3.63) is 11.9 Å². The number of esters is 1. The second-order valence-electron chi connectivity index (χ2n) is 3.33. The van der Waals surface area contributed by atoms with Crippen molar-refractivity contribution >= 4 is 17.8 Å². The Kier molecular flexibility index (Phi) is 4.78. The van der Waals surface area contributed by atoms with Crippen LogP contribution in [0.2, 0.25) is 0 Å². The molecule has 1 amide bonds. The number of nitrogens with zero attached hydrogens (tertiary/aromatic N) is 2.